The fourth-order valence-electron chi connectivity index (χ4n) is 3.17. The average Bonchev–Trinajstić information content (AvgIpc) is 3.09. The first-order valence-electron chi connectivity index (χ1n) is 8.87. The molecule has 0 atom stereocenters. The molecule has 1 amide bonds. The lowest BCUT2D eigenvalue weighted by atomic mass is 10.2. The Bertz CT molecular complexity index is 697. The van der Waals surface area contributed by atoms with E-state index in [1.165, 1.54) is 29.5 Å². The summed E-state index contributed by atoms with van der Waals surface area (Å²) >= 11 is 3.27. The predicted molar refractivity (Wildman–Crippen MR) is 103 cm³/mol. The van der Waals surface area contributed by atoms with E-state index < -0.39 is 0 Å². The number of hydrogen-bond donors (Lipinski definition) is 0. The molecule has 0 N–H and O–H groups in total. The van der Waals surface area contributed by atoms with Crippen molar-refractivity contribution < 1.29 is 4.79 Å². The van der Waals surface area contributed by atoms with Crippen molar-refractivity contribution in [3.8, 4) is 0 Å². The van der Waals surface area contributed by atoms with Gasteiger partial charge in [-0.1, -0.05) is 17.8 Å². The predicted octanol–water partition coefficient (Wildman–Crippen LogP) is 4.00. The summed E-state index contributed by atoms with van der Waals surface area (Å²) in [5.41, 5.74) is 0. The Hall–Kier alpha value is -1.34. The van der Waals surface area contributed by atoms with Crippen molar-refractivity contribution in [2.24, 2.45) is 0 Å². The zero-order valence-electron chi connectivity index (χ0n) is 15.3. The summed E-state index contributed by atoms with van der Waals surface area (Å²) in [5.74, 6) is 1.60. The highest BCUT2D eigenvalue weighted by atomic mass is 32.2. The molecule has 2 aromatic rings. The van der Waals surface area contributed by atoms with Gasteiger partial charge in [-0.05, 0) is 52.0 Å². The molecule has 1 saturated carbocycles. The topological polar surface area (TPSA) is 51.0 Å². The van der Waals surface area contributed by atoms with Gasteiger partial charge in [0.1, 0.15) is 5.82 Å². The monoisotopic (exact) mass is 378 g/mol. The highest BCUT2D eigenvalue weighted by Gasteiger charge is 2.30. The molecule has 0 unspecified atom stereocenters. The third-order valence-electron chi connectivity index (χ3n) is 4.29. The van der Waals surface area contributed by atoms with Crippen molar-refractivity contribution >= 4 is 29.0 Å². The van der Waals surface area contributed by atoms with Crippen LogP contribution in [0.5, 0.6) is 0 Å². The first-order chi connectivity index (χ1) is 12.0. The minimum atomic E-state index is 0.167. The van der Waals surface area contributed by atoms with Crippen LogP contribution in [0.3, 0.4) is 0 Å². The van der Waals surface area contributed by atoms with E-state index in [9.17, 15) is 4.79 Å². The van der Waals surface area contributed by atoms with Crippen LogP contribution in [0.2, 0.25) is 0 Å². The van der Waals surface area contributed by atoms with E-state index in [0.717, 1.165) is 17.4 Å². The first-order valence-corrected chi connectivity index (χ1v) is 10.7. The van der Waals surface area contributed by atoms with Gasteiger partial charge in [-0.3, -0.25) is 4.79 Å². The number of hydrogen-bond acceptors (Lipinski definition) is 5. The molecular weight excluding hydrogens is 352 g/mol. The average molecular weight is 379 g/mol. The molecule has 0 radical (unpaired) electrons. The molecule has 0 bridgehead atoms. The first kappa shape index (κ1) is 18.5. The second kappa shape index (κ2) is 7.91. The van der Waals surface area contributed by atoms with Gasteiger partial charge >= 0.3 is 0 Å². The molecule has 3 rings (SSSR count). The molecule has 2 aromatic heterocycles. The SMILES string of the molecule is CC(C)N(C(=O)CSc1nnc(Cc2cccs2)n1C1CC1)C(C)C. The van der Waals surface area contributed by atoms with Gasteiger partial charge in [-0.2, -0.15) is 0 Å². The Kier molecular flexibility index (Phi) is 5.84. The molecule has 25 heavy (non-hydrogen) atoms. The van der Waals surface area contributed by atoms with Gasteiger partial charge in [0.2, 0.25) is 5.91 Å². The summed E-state index contributed by atoms with van der Waals surface area (Å²) < 4.78 is 2.26. The number of rotatable bonds is 8. The number of amides is 1. The zero-order valence-corrected chi connectivity index (χ0v) is 16.9. The summed E-state index contributed by atoms with van der Waals surface area (Å²) in [6.07, 6.45) is 3.18. The molecule has 2 heterocycles. The number of thioether (sulfide) groups is 1. The van der Waals surface area contributed by atoms with Crippen LogP contribution >= 0.6 is 23.1 Å². The van der Waals surface area contributed by atoms with Crippen molar-refractivity contribution in [2.45, 2.75) is 70.2 Å². The molecular formula is C18H26N4OS2. The van der Waals surface area contributed by atoms with Crippen molar-refractivity contribution in [3.63, 3.8) is 0 Å². The van der Waals surface area contributed by atoms with Gasteiger partial charge in [0.15, 0.2) is 5.16 Å². The normalized spacial score (nSPS) is 14.5. The molecule has 7 heteroatoms. The van der Waals surface area contributed by atoms with E-state index >= 15 is 0 Å². The fourth-order valence-corrected chi connectivity index (χ4v) is 4.76. The van der Waals surface area contributed by atoms with Crippen molar-refractivity contribution in [1.82, 2.24) is 19.7 Å². The number of aromatic nitrogens is 3. The van der Waals surface area contributed by atoms with Crippen molar-refractivity contribution in [3.05, 3.63) is 28.2 Å². The van der Waals surface area contributed by atoms with Crippen molar-refractivity contribution in [2.75, 3.05) is 5.75 Å². The van der Waals surface area contributed by atoms with Crippen LogP contribution in [0.15, 0.2) is 22.7 Å². The minimum absolute atomic E-state index is 0.167. The smallest absolute Gasteiger partial charge is 0.233 e. The summed E-state index contributed by atoms with van der Waals surface area (Å²) in [4.78, 5) is 15.8. The summed E-state index contributed by atoms with van der Waals surface area (Å²) in [5, 5.41) is 11.8. The lowest BCUT2D eigenvalue weighted by Gasteiger charge is -2.30. The van der Waals surface area contributed by atoms with E-state index in [2.05, 4.69) is 60.0 Å². The Morgan fingerprint density at radius 3 is 2.60 bits per heavy atom. The summed E-state index contributed by atoms with van der Waals surface area (Å²) in [6.45, 7) is 8.26. The molecule has 1 aliphatic carbocycles. The van der Waals surface area contributed by atoms with Gasteiger partial charge < -0.3 is 9.47 Å². The van der Waals surface area contributed by atoms with Crippen LogP contribution in [-0.4, -0.2) is 43.4 Å². The Balaban J connectivity index is 1.70. The fraction of sp³-hybridized carbons (Fsp3) is 0.611. The van der Waals surface area contributed by atoms with Gasteiger partial charge in [-0.25, -0.2) is 0 Å². The molecule has 136 valence electrons. The number of nitrogens with zero attached hydrogens (tertiary/aromatic N) is 4. The van der Waals surface area contributed by atoms with E-state index in [0.29, 0.717) is 11.8 Å². The van der Waals surface area contributed by atoms with E-state index in [1.54, 1.807) is 11.3 Å². The largest absolute Gasteiger partial charge is 0.337 e. The van der Waals surface area contributed by atoms with E-state index in [1.807, 2.05) is 4.90 Å². The molecule has 0 saturated heterocycles. The Morgan fingerprint density at radius 1 is 1.32 bits per heavy atom. The van der Waals surface area contributed by atoms with Crippen LogP contribution < -0.4 is 0 Å². The van der Waals surface area contributed by atoms with Gasteiger partial charge in [-0.15, -0.1) is 21.5 Å². The molecule has 1 fully saturated rings. The zero-order chi connectivity index (χ0) is 18.0. The summed E-state index contributed by atoms with van der Waals surface area (Å²) in [6, 6.07) is 5.13. The standard InChI is InChI=1S/C18H26N4OS2/c1-12(2)21(13(3)4)17(23)11-25-18-20-19-16(22(18)14-7-8-14)10-15-6-5-9-24-15/h5-6,9,12-14H,7-8,10-11H2,1-4H3. The number of carbonyl (C=O) groups is 1. The van der Waals surface area contributed by atoms with Gasteiger partial charge in [0, 0.05) is 29.4 Å². The lowest BCUT2D eigenvalue weighted by molar-refractivity contribution is -0.131. The molecule has 0 aromatic carbocycles. The molecule has 0 spiro atoms. The van der Waals surface area contributed by atoms with E-state index in [-0.39, 0.29) is 18.0 Å². The molecule has 5 nitrogen and oxygen atoms in total. The molecule has 0 aliphatic heterocycles. The third kappa shape index (κ3) is 4.44. The van der Waals surface area contributed by atoms with Crippen molar-refractivity contribution in [1.29, 1.82) is 0 Å². The van der Waals surface area contributed by atoms with Crippen LogP contribution in [0.4, 0.5) is 0 Å². The highest BCUT2D eigenvalue weighted by molar-refractivity contribution is 7.99. The van der Waals surface area contributed by atoms with E-state index in [4.69, 9.17) is 0 Å². The van der Waals surface area contributed by atoms with Gasteiger partial charge in [0.25, 0.3) is 0 Å². The van der Waals surface area contributed by atoms with Gasteiger partial charge in [0.05, 0.1) is 5.75 Å². The van der Waals surface area contributed by atoms with Crippen LogP contribution in [0, 0.1) is 0 Å². The number of thiophene rings is 1. The quantitative estimate of drug-likeness (QED) is 0.652. The Labute approximate surface area is 157 Å². The molecule has 1 aliphatic rings. The summed E-state index contributed by atoms with van der Waals surface area (Å²) in [7, 11) is 0. The van der Waals surface area contributed by atoms with Crippen LogP contribution in [0.1, 0.15) is 57.3 Å². The lowest BCUT2D eigenvalue weighted by Crippen LogP contribution is -2.43. The Morgan fingerprint density at radius 2 is 2.04 bits per heavy atom. The third-order valence-corrected chi connectivity index (χ3v) is 6.09. The minimum Gasteiger partial charge on any atom is -0.337 e. The van der Waals surface area contributed by atoms with Crippen LogP contribution in [-0.2, 0) is 11.2 Å². The van der Waals surface area contributed by atoms with Crippen LogP contribution in [0.25, 0.3) is 0 Å². The maximum atomic E-state index is 12.6. The second-order valence-electron chi connectivity index (χ2n) is 7.03. The second-order valence-corrected chi connectivity index (χ2v) is 9.01. The number of carbonyl (C=O) groups excluding carboxylic acids is 1. The maximum Gasteiger partial charge on any atom is 0.233 e. The maximum absolute atomic E-state index is 12.6. The highest BCUT2D eigenvalue weighted by Crippen LogP contribution is 2.39.